The van der Waals surface area contributed by atoms with Gasteiger partial charge in [0.05, 0.1) is 35.2 Å². The minimum Gasteiger partial charge on any atom is -0.394 e. The van der Waals surface area contributed by atoms with Crippen molar-refractivity contribution in [3.05, 3.63) is 56.4 Å². The molecule has 0 saturated carbocycles. The van der Waals surface area contributed by atoms with Crippen molar-refractivity contribution in [2.45, 2.75) is 0 Å². The van der Waals surface area contributed by atoms with Crippen LogP contribution in [0.25, 0.3) is 0 Å². The Morgan fingerprint density at radius 3 is 2.75 bits per heavy atom. The van der Waals surface area contributed by atoms with Gasteiger partial charge in [0.25, 0.3) is 5.91 Å². The van der Waals surface area contributed by atoms with E-state index in [9.17, 15) is 9.18 Å². The third kappa shape index (κ3) is 4.79. The highest BCUT2D eigenvalue weighted by atomic mass is 127. The fourth-order valence-corrected chi connectivity index (χ4v) is 2.85. The number of halogens is 3. The van der Waals surface area contributed by atoms with E-state index in [1.54, 1.807) is 12.1 Å². The van der Waals surface area contributed by atoms with Crippen molar-refractivity contribution >= 4 is 51.5 Å². The van der Waals surface area contributed by atoms with Crippen LogP contribution >= 0.6 is 34.2 Å². The van der Waals surface area contributed by atoms with Crippen LogP contribution in [0.5, 0.6) is 0 Å². The highest BCUT2D eigenvalue weighted by Crippen LogP contribution is 2.29. The molecule has 2 aromatic rings. The molecule has 0 aliphatic carbocycles. The zero-order chi connectivity index (χ0) is 17.7. The second-order valence-corrected chi connectivity index (χ2v) is 6.45. The summed E-state index contributed by atoms with van der Waals surface area (Å²) in [6.07, 6.45) is 0. The molecule has 24 heavy (non-hydrogen) atoms. The maximum atomic E-state index is 13.6. The molecule has 0 spiro atoms. The molecule has 0 aliphatic heterocycles. The molecular formula is C16H15ClFIN2O3. The largest absolute Gasteiger partial charge is 0.394 e. The maximum absolute atomic E-state index is 13.6. The van der Waals surface area contributed by atoms with Crippen molar-refractivity contribution in [3.63, 3.8) is 0 Å². The number of benzene rings is 2. The van der Waals surface area contributed by atoms with Crippen molar-refractivity contribution in [2.75, 3.05) is 25.6 Å². The standard InChI is InChI=1S/C16H15ClFIN2O3/c1-21(24-7-6-22)16(23)12-4-2-10(18)8-15(12)20-14-5-3-11(19)9-13(14)17/h2-5,8-9,20,22H,6-7H2,1H3. The van der Waals surface area contributed by atoms with Gasteiger partial charge in [-0.25, -0.2) is 9.45 Å². The second-order valence-electron chi connectivity index (χ2n) is 4.80. The van der Waals surface area contributed by atoms with Crippen molar-refractivity contribution < 1.29 is 19.1 Å². The number of hydrogen-bond donors (Lipinski definition) is 2. The highest BCUT2D eigenvalue weighted by Gasteiger charge is 2.18. The average Bonchev–Trinajstić information content (AvgIpc) is 2.54. The van der Waals surface area contributed by atoms with E-state index in [4.69, 9.17) is 21.5 Å². The van der Waals surface area contributed by atoms with Gasteiger partial charge >= 0.3 is 0 Å². The number of aliphatic hydroxyl groups excluding tert-OH is 1. The molecule has 0 unspecified atom stereocenters. The van der Waals surface area contributed by atoms with Gasteiger partial charge in [-0.3, -0.25) is 9.63 Å². The lowest BCUT2D eigenvalue weighted by atomic mass is 10.1. The molecule has 2 aromatic carbocycles. The number of carbonyl (C=O) groups is 1. The smallest absolute Gasteiger partial charge is 0.279 e. The molecule has 0 heterocycles. The normalized spacial score (nSPS) is 10.5. The Balaban J connectivity index is 2.32. The molecule has 0 aromatic heterocycles. The van der Waals surface area contributed by atoms with Crippen LogP contribution in [0.2, 0.25) is 5.02 Å². The number of nitrogens with zero attached hydrogens (tertiary/aromatic N) is 1. The molecule has 0 atom stereocenters. The fourth-order valence-electron chi connectivity index (χ4n) is 1.95. The summed E-state index contributed by atoms with van der Waals surface area (Å²) in [7, 11) is 1.42. The molecule has 8 heteroatoms. The lowest BCUT2D eigenvalue weighted by molar-refractivity contribution is -0.114. The van der Waals surface area contributed by atoms with E-state index < -0.39 is 11.7 Å². The molecule has 2 N–H and O–H groups in total. The van der Waals surface area contributed by atoms with Gasteiger partial charge in [-0.05, 0) is 59.0 Å². The maximum Gasteiger partial charge on any atom is 0.279 e. The van der Waals surface area contributed by atoms with Crippen LogP contribution in [-0.4, -0.2) is 36.3 Å². The molecule has 0 aliphatic rings. The van der Waals surface area contributed by atoms with Crippen LogP contribution in [0.4, 0.5) is 15.8 Å². The molecule has 2 rings (SSSR count). The van der Waals surface area contributed by atoms with Gasteiger partial charge in [-0.15, -0.1) is 0 Å². The van der Waals surface area contributed by atoms with Gasteiger partial charge in [0.2, 0.25) is 0 Å². The second kappa shape index (κ2) is 8.61. The number of amides is 1. The summed E-state index contributed by atoms with van der Waals surface area (Å²) in [6.45, 7) is -0.237. The third-order valence-electron chi connectivity index (χ3n) is 3.07. The van der Waals surface area contributed by atoms with Crippen LogP contribution in [0.1, 0.15) is 10.4 Å². The first-order valence-corrected chi connectivity index (χ1v) is 8.41. The van der Waals surface area contributed by atoms with E-state index >= 15 is 0 Å². The zero-order valence-electron chi connectivity index (χ0n) is 12.7. The number of hydrogen-bond acceptors (Lipinski definition) is 4. The predicted molar refractivity (Wildman–Crippen MR) is 99.0 cm³/mol. The molecule has 0 radical (unpaired) electrons. The first-order valence-electron chi connectivity index (χ1n) is 6.96. The fraction of sp³-hybridized carbons (Fsp3) is 0.188. The Kier molecular flexibility index (Phi) is 6.79. The predicted octanol–water partition coefficient (Wildman–Crippen LogP) is 3.82. The van der Waals surface area contributed by atoms with Crippen molar-refractivity contribution in [3.8, 4) is 0 Å². The number of anilines is 2. The summed E-state index contributed by atoms with van der Waals surface area (Å²) >= 11 is 8.30. The summed E-state index contributed by atoms with van der Waals surface area (Å²) in [5.41, 5.74) is 1.03. The van der Waals surface area contributed by atoms with Crippen LogP contribution in [0.3, 0.4) is 0 Å². The number of rotatable bonds is 6. The minimum atomic E-state index is -0.491. The Bertz CT molecular complexity index is 745. The first kappa shape index (κ1) is 18.9. The topological polar surface area (TPSA) is 61.8 Å². The summed E-state index contributed by atoms with van der Waals surface area (Å²) in [5.74, 6) is -0.970. The Hall–Kier alpha value is -1.42. The minimum absolute atomic E-state index is 0.0187. The molecule has 128 valence electrons. The summed E-state index contributed by atoms with van der Waals surface area (Å²) in [5, 5.41) is 13.2. The van der Waals surface area contributed by atoms with E-state index in [1.807, 2.05) is 6.07 Å². The Labute approximate surface area is 157 Å². The van der Waals surface area contributed by atoms with E-state index in [0.29, 0.717) is 10.7 Å². The van der Waals surface area contributed by atoms with E-state index in [2.05, 4.69) is 27.9 Å². The highest BCUT2D eigenvalue weighted by molar-refractivity contribution is 14.1. The van der Waals surface area contributed by atoms with Crippen LogP contribution in [0.15, 0.2) is 36.4 Å². The molecule has 1 amide bonds. The van der Waals surface area contributed by atoms with E-state index in [1.165, 1.54) is 25.2 Å². The van der Waals surface area contributed by atoms with Gasteiger partial charge < -0.3 is 10.4 Å². The van der Waals surface area contributed by atoms with Gasteiger partial charge in [0, 0.05) is 10.6 Å². The summed E-state index contributed by atoms with van der Waals surface area (Å²) < 4.78 is 14.6. The Morgan fingerprint density at radius 1 is 1.33 bits per heavy atom. The number of nitrogens with one attached hydrogen (secondary N) is 1. The quantitative estimate of drug-likeness (QED) is 0.504. The van der Waals surface area contributed by atoms with E-state index in [-0.39, 0.29) is 24.5 Å². The van der Waals surface area contributed by atoms with Gasteiger partial charge in [-0.1, -0.05) is 11.6 Å². The van der Waals surface area contributed by atoms with Crippen molar-refractivity contribution in [2.24, 2.45) is 0 Å². The van der Waals surface area contributed by atoms with Crippen molar-refractivity contribution in [1.82, 2.24) is 5.06 Å². The molecule has 0 fully saturated rings. The average molecular weight is 465 g/mol. The van der Waals surface area contributed by atoms with Crippen LogP contribution < -0.4 is 5.32 Å². The van der Waals surface area contributed by atoms with Crippen LogP contribution in [-0.2, 0) is 4.84 Å². The monoisotopic (exact) mass is 464 g/mol. The molecule has 0 saturated heterocycles. The SMILES string of the molecule is CN(OCCO)C(=O)c1ccc(F)cc1Nc1ccc(I)cc1Cl. The first-order chi connectivity index (χ1) is 11.4. The summed E-state index contributed by atoms with van der Waals surface area (Å²) in [4.78, 5) is 17.5. The Morgan fingerprint density at radius 2 is 2.08 bits per heavy atom. The van der Waals surface area contributed by atoms with Gasteiger partial charge in [0.1, 0.15) is 5.82 Å². The molecular weight excluding hydrogens is 450 g/mol. The number of hydroxylamine groups is 2. The lowest BCUT2D eigenvalue weighted by Gasteiger charge is -2.19. The lowest BCUT2D eigenvalue weighted by Crippen LogP contribution is -2.28. The summed E-state index contributed by atoms with van der Waals surface area (Å²) in [6, 6.07) is 9.09. The third-order valence-corrected chi connectivity index (χ3v) is 4.06. The number of aliphatic hydroxyl groups is 1. The zero-order valence-corrected chi connectivity index (χ0v) is 15.6. The number of carbonyl (C=O) groups excluding carboxylic acids is 1. The molecule has 0 bridgehead atoms. The van der Waals surface area contributed by atoms with Gasteiger partial charge in [-0.2, -0.15) is 0 Å². The molecule has 5 nitrogen and oxygen atoms in total. The van der Waals surface area contributed by atoms with Crippen molar-refractivity contribution in [1.29, 1.82) is 0 Å². The van der Waals surface area contributed by atoms with E-state index in [0.717, 1.165) is 8.63 Å². The van der Waals surface area contributed by atoms with Crippen LogP contribution in [0, 0.1) is 9.39 Å². The van der Waals surface area contributed by atoms with Gasteiger partial charge in [0.15, 0.2) is 0 Å².